The Labute approximate surface area is 125 Å². The second-order valence-corrected chi connectivity index (χ2v) is 5.03. The van der Waals surface area contributed by atoms with Crippen molar-refractivity contribution in [3.05, 3.63) is 59.1 Å². The van der Waals surface area contributed by atoms with E-state index in [2.05, 4.69) is 36.5 Å². The molecule has 2 aromatic carbocycles. The predicted molar refractivity (Wildman–Crippen MR) is 85.9 cm³/mol. The van der Waals surface area contributed by atoms with Gasteiger partial charge in [0.15, 0.2) is 0 Å². The van der Waals surface area contributed by atoms with Gasteiger partial charge in [0.25, 0.3) is 0 Å². The Bertz CT molecular complexity index is 525. The molecule has 0 aromatic heterocycles. The highest BCUT2D eigenvalue weighted by molar-refractivity contribution is 6.30. The van der Waals surface area contributed by atoms with Gasteiger partial charge in [-0.3, -0.25) is 0 Å². The van der Waals surface area contributed by atoms with Crippen molar-refractivity contribution < 1.29 is 4.74 Å². The molecule has 0 aliphatic rings. The van der Waals surface area contributed by atoms with Crippen molar-refractivity contribution in [2.24, 2.45) is 0 Å². The molecule has 0 aliphatic carbocycles. The number of hydrogen-bond donors (Lipinski definition) is 1. The number of anilines is 1. The first-order valence-corrected chi connectivity index (χ1v) is 7.37. The van der Waals surface area contributed by atoms with Crippen molar-refractivity contribution in [1.82, 2.24) is 0 Å². The number of rotatable bonds is 7. The van der Waals surface area contributed by atoms with E-state index in [9.17, 15) is 0 Å². The third kappa shape index (κ3) is 4.46. The molecule has 0 saturated heterocycles. The Hall–Kier alpha value is -1.67. The van der Waals surface area contributed by atoms with Gasteiger partial charge in [0.1, 0.15) is 5.75 Å². The Morgan fingerprint density at radius 3 is 2.55 bits per heavy atom. The number of nitrogens with one attached hydrogen (secondary N) is 1. The lowest BCUT2D eigenvalue weighted by Gasteiger charge is -2.11. The molecule has 2 aromatic rings. The first-order valence-electron chi connectivity index (χ1n) is 6.99. The van der Waals surface area contributed by atoms with E-state index in [1.807, 2.05) is 24.3 Å². The highest BCUT2D eigenvalue weighted by Gasteiger charge is 1.98. The first-order chi connectivity index (χ1) is 9.79. The summed E-state index contributed by atoms with van der Waals surface area (Å²) in [5.74, 6) is 0.864. The molecule has 0 heterocycles. The van der Waals surface area contributed by atoms with Gasteiger partial charge in [-0.15, -0.1) is 0 Å². The Kier molecular flexibility index (Phi) is 5.75. The van der Waals surface area contributed by atoms with Gasteiger partial charge in [0.2, 0.25) is 0 Å². The van der Waals surface area contributed by atoms with E-state index in [-0.39, 0.29) is 0 Å². The molecule has 106 valence electrons. The van der Waals surface area contributed by atoms with Gasteiger partial charge in [-0.05, 0) is 48.7 Å². The van der Waals surface area contributed by atoms with Gasteiger partial charge >= 0.3 is 0 Å². The van der Waals surface area contributed by atoms with Crippen molar-refractivity contribution in [2.45, 2.75) is 19.8 Å². The molecule has 0 spiro atoms. The smallest absolute Gasteiger partial charge is 0.119 e. The molecule has 2 nitrogen and oxygen atoms in total. The zero-order valence-electron chi connectivity index (χ0n) is 11.7. The molecule has 20 heavy (non-hydrogen) atoms. The number of para-hydroxylation sites is 1. The van der Waals surface area contributed by atoms with E-state index < -0.39 is 0 Å². The van der Waals surface area contributed by atoms with Crippen molar-refractivity contribution >= 4 is 17.3 Å². The van der Waals surface area contributed by atoms with Crippen molar-refractivity contribution in [3.8, 4) is 5.75 Å². The maximum atomic E-state index is 5.83. The minimum Gasteiger partial charge on any atom is -0.494 e. The molecule has 0 amide bonds. The molecule has 0 saturated carbocycles. The molecule has 0 radical (unpaired) electrons. The minimum atomic E-state index is 0.697. The fraction of sp³-hybridized carbons (Fsp3) is 0.294. The number of aryl methyl sites for hydroxylation is 1. The molecule has 0 bridgehead atoms. The summed E-state index contributed by atoms with van der Waals surface area (Å²) >= 11 is 5.83. The van der Waals surface area contributed by atoms with Crippen LogP contribution in [0.2, 0.25) is 5.02 Å². The normalized spacial score (nSPS) is 10.3. The Morgan fingerprint density at radius 2 is 1.80 bits per heavy atom. The summed E-state index contributed by atoms with van der Waals surface area (Å²) in [6.45, 7) is 3.78. The van der Waals surface area contributed by atoms with Crippen LogP contribution in [0.15, 0.2) is 48.5 Å². The van der Waals surface area contributed by atoms with Gasteiger partial charge in [-0.2, -0.15) is 0 Å². The molecule has 3 heteroatoms. The van der Waals surface area contributed by atoms with Crippen LogP contribution < -0.4 is 10.1 Å². The van der Waals surface area contributed by atoms with Gasteiger partial charge < -0.3 is 10.1 Å². The summed E-state index contributed by atoms with van der Waals surface area (Å²) in [7, 11) is 0. The van der Waals surface area contributed by atoms with E-state index in [0.29, 0.717) is 6.61 Å². The summed E-state index contributed by atoms with van der Waals surface area (Å²) < 4.78 is 5.66. The number of halogens is 1. The van der Waals surface area contributed by atoms with E-state index in [0.717, 1.165) is 30.2 Å². The monoisotopic (exact) mass is 289 g/mol. The first kappa shape index (κ1) is 14.7. The standard InChI is InChI=1S/C17H20ClNO/c1-2-14-6-3-4-7-17(14)19-12-5-13-20-16-10-8-15(18)9-11-16/h3-4,6-11,19H,2,5,12-13H2,1H3. The molecule has 2 rings (SSSR count). The Balaban J connectivity index is 1.70. The molecular weight excluding hydrogens is 270 g/mol. The summed E-state index contributed by atoms with van der Waals surface area (Å²) in [6.07, 6.45) is 2.01. The zero-order valence-corrected chi connectivity index (χ0v) is 12.5. The van der Waals surface area contributed by atoms with Crippen LogP contribution in [0.25, 0.3) is 0 Å². The van der Waals surface area contributed by atoms with E-state index >= 15 is 0 Å². The lowest BCUT2D eigenvalue weighted by atomic mass is 10.1. The maximum absolute atomic E-state index is 5.83. The molecule has 0 atom stereocenters. The third-order valence-corrected chi connectivity index (χ3v) is 3.37. The van der Waals surface area contributed by atoms with Gasteiger partial charge in [0.05, 0.1) is 6.61 Å². The van der Waals surface area contributed by atoms with Crippen LogP contribution >= 0.6 is 11.6 Å². The molecule has 0 fully saturated rings. The third-order valence-electron chi connectivity index (χ3n) is 3.12. The molecule has 1 N–H and O–H groups in total. The van der Waals surface area contributed by atoms with Crippen molar-refractivity contribution in [2.75, 3.05) is 18.5 Å². The van der Waals surface area contributed by atoms with E-state index in [1.54, 1.807) is 0 Å². The lowest BCUT2D eigenvalue weighted by molar-refractivity contribution is 0.315. The zero-order chi connectivity index (χ0) is 14.2. The minimum absolute atomic E-state index is 0.697. The quantitative estimate of drug-likeness (QED) is 0.740. The fourth-order valence-corrected chi connectivity index (χ4v) is 2.14. The number of ether oxygens (including phenoxy) is 1. The second-order valence-electron chi connectivity index (χ2n) is 4.59. The average Bonchev–Trinajstić information content (AvgIpc) is 2.49. The SMILES string of the molecule is CCc1ccccc1NCCCOc1ccc(Cl)cc1. The largest absolute Gasteiger partial charge is 0.494 e. The van der Waals surface area contributed by atoms with Crippen LogP contribution in [0.3, 0.4) is 0 Å². The van der Waals surface area contributed by atoms with Crippen LogP contribution in [0, 0.1) is 0 Å². The van der Waals surface area contributed by atoms with E-state index in [4.69, 9.17) is 16.3 Å². The number of benzene rings is 2. The fourth-order valence-electron chi connectivity index (χ4n) is 2.02. The summed E-state index contributed by atoms with van der Waals surface area (Å²) in [5, 5.41) is 4.19. The lowest BCUT2D eigenvalue weighted by Crippen LogP contribution is -2.08. The summed E-state index contributed by atoms with van der Waals surface area (Å²) in [6, 6.07) is 15.9. The predicted octanol–water partition coefficient (Wildman–Crippen LogP) is 4.78. The topological polar surface area (TPSA) is 21.3 Å². The second kappa shape index (κ2) is 7.81. The highest BCUT2D eigenvalue weighted by Crippen LogP contribution is 2.16. The van der Waals surface area contributed by atoms with Crippen LogP contribution in [0.1, 0.15) is 18.9 Å². The maximum Gasteiger partial charge on any atom is 0.119 e. The molecule has 0 aliphatic heterocycles. The van der Waals surface area contributed by atoms with Gasteiger partial charge in [-0.1, -0.05) is 36.7 Å². The molecular formula is C17H20ClNO. The summed E-state index contributed by atoms with van der Waals surface area (Å²) in [5.41, 5.74) is 2.58. The van der Waals surface area contributed by atoms with Crippen LogP contribution in [0.4, 0.5) is 5.69 Å². The van der Waals surface area contributed by atoms with Crippen LogP contribution in [-0.4, -0.2) is 13.2 Å². The van der Waals surface area contributed by atoms with Gasteiger partial charge in [0, 0.05) is 17.3 Å². The molecule has 0 unspecified atom stereocenters. The highest BCUT2D eigenvalue weighted by atomic mass is 35.5. The van der Waals surface area contributed by atoms with E-state index in [1.165, 1.54) is 11.3 Å². The van der Waals surface area contributed by atoms with Crippen LogP contribution in [-0.2, 0) is 6.42 Å². The Morgan fingerprint density at radius 1 is 1.05 bits per heavy atom. The van der Waals surface area contributed by atoms with Crippen molar-refractivity contribution in [1.29, 1.82) is 0 Å². The number of hydrogen-bond acceptors (Lipinski definition) is 2. The van der Waals surface area contributed by atoms with Crippen molar-refractivity contribution in [3.63, 3.8) is 0 Å². The van der Waals surface area contributed by atoms with Gasteiger partial charge in [-0.25, -0.2) is 0 Å². The average molecular weight is 290 g/mol. The summed E-state index contributed by atoms with van der Waals surface area (Å²) in [4.78, 5) is 0. The van der Waals surface area contributed by atoms with Crippen LogP contribution in [0.5, 0.6) is 5.75 Å².